The molecule has 11 nitrogen and oxygen atoms in total. The third-order valence-corrected chi connectivity index (χ3v) is 4.81. The second kappa shape index (κ2) is 10.9. The van der Waals surface area contributed by atoms with Crippen LogP contribution in [0.5, 0.6) is 17.2 Å². The van der Waals surface area contributed by atoms with E-state index in [0.29, 0.717) is 11.4 Å². The number of anilines is 1. The van der Waals surface area contributed by atoms with E-state index in [2.05, 4.69) is 10.6 Å². The number of aryl methyl sites for hydroxylation is 1. The van der Waals surface area contributed by atoms with E-state index in [0.717, 1.165) is 11.6 Å². The van der Waals surface area contributed by atoms with E-state index in [1.54, 1.807) is 12.1 Å². The van der Waals surface area contributed by atoms with Gasteiger partial charge in [0.15, 0.2) is 11.5 Å². The Morgan fingerprint density at radius 3 is 2.11 bits per heavy atom. The molecule has 0 aliphatic heterocycles. The quantitative estimate of drug-likeness (QED) is 0.266. The fourth-order valence-electron chi connectivity index (χ4n) is 3.06. The molecule has 0 unspecified atom stereocenters. The summed E-state index contributed by atoms with van der Waals surface area (Å²) < 4.78 is 20.9. The molecule has 0 radical (unpaired) electrons. The van der Waals surface area contributed by atoms with Crippen LogP contribution in [0.1, 0.15) is 21.7 Å². The average molecular weight is 481 g/mol. The number of furan rings is 1. The number of carbonyl (C=O) groups is 2. The highest BCUT2D eigenvalue weighted by atomic mass is 16.6. The molecule has 11 heteroatoms. The number of nitrogens with zero attached hydrogens (tertiary/aromatic N) is 1. The van der Waals surface area contributed by atoms with Crippen molar-refractivity contribution in [2.45, 2.75) is 6.92 Å². The lowest BCUT2D eigenvalue weighted by Crippen LogP contribution is -2.30. The van der Waals surface area contributed by atoms with Gasteiger partial charge in [0.2, 0.25) is 5.75 Å². The van der Waals surface area contributed by atoms with Crippen molar-refractivity contribution in [1.82, 2.24) is 5.32 Å². The molecule has 3 aromatic rings. The highest BCUT2D eigenvalue weighted by molar-refractivity contribution is 6.10. The monoisotopic (exact) mass is 481 g/mol. The minimum Gasteiger partial charge on any atom is -0.493 e. The first kappa shape index (κ1) is 24.8. The maximum atomic E-state index is 13.1. The SMILES string of the molecule is COc1cc(C(=O)NC(=Cc2ccc([N+](=O)[O-])o2)C(=O)Nc2ccc(C)cc2)cc(OC)c1OC. The van der Waals surface area contributed by atoms with Gasteiger partial charge < -0.3 is 29.3 Å². The van der Waals surface area contributed by atoms with Gasteiger partial charge in [-0.25, -0.2) is 0 Å². The van der Waals surface area contributed by atoms with Gasteiger partial charge in [-0.2, -0.15) is 0 Å². The van der Waals surface area contributed by atoms with Crippen LogP contribution in [-0.4, -0.2) is 38.1 Å². The van der Waals surface area contributed by atoms with Gasteiger partial charge in [-0.05, 0) is 37.3 Å². The molecule has 0 saturated carbocycles. The number of rotatable bonds is 9. The zero-order valence-corrected chi connectivity index (χ0v) is 19.4. The maximum Gasteiger partial charge on any atom is 0.433 e. The lowest BCUT2D eigenvalue weighted by atomic mass is 10.1. The zero-order valence-electron chi connectivity index (χ0n) is 19.4. The highest BCUT2D eigenvalue weighted by Gasteiger charge is 2.21. The van der Waals surface area contributed by atoms with E-state index in [-0.39, 0.29) is 28.5 Å². The molecule has 1 heterocycles. The Bertz CT molecular complexity index is 1250. The number of nitrogens with one attached hydrogen (secondary N) is 2. The zero-order chi connectivity index (χ0) is 25.5. The summed E-state index contributed by atoms with van der Waals surface area (Å²) in [5, 5.41) is 16.1. The number of hydrogen-bond donors (Lipinski definition) is 2. The average Bonchev–Trinajstić information content (AvgIpc) is 3.33. The fraction of sp³-hybridized carbons (Fsp3) is 0.167. The van der Waals surface area contributed by atoms with Crippen molar-refractivity contribution in [2.24, 2.45) is 0 Å². The summed E-state index contributed by atoms with van der Waals surface area (Å²) in [4.78, 5) is 36.3. The predicted molar refractivity (Wildman–Crippen MR) is 127 cm³/mol. The summed E-state index contributed by atoms with van der Waals surface area (Å²) in [6.07, 6.45) is 1.19. The van der Waals surface area contributed by atoms with Crippen LogP contribution in [0, 0.1) is 17.0 Å². The van der Waals surface area contributed by atoms with Crippen LogP contribution in [0.4, 0.5) is 11.6 Å². The molecule has 3 rings (SSSR count). The second-order valence-corrected chi connectivity index (χ2v) is 7.18. The Hall–Kier alpha value is -4.80. The molecule has 0 spiro atoms. The molecular formula is C24H23N3O8. The summed E-state index contributed by atoms with van der Waals surface area (Å²) in [5.74, 6) is -1.07. The molecule has 1 aromatic heterocycles. The van der Waals surface area contributed by atoms with Gasteiger partial charge in [-0.3, -0.25) is 19.7 Å². The van der Waals surface area contributed by atoms with Crippen molar-refractivity contribution in [3.63, 3.8) is 0 Å². The Morgan fingerprint density at radius 1 is 0.971 bits per heavy atom. The topological polar surface area (TPSA) is 142 Å². The van der Waals surface area contributed by atoms with Crippen LogP contribution in [0.3, 0.4) is 0 Å². The molecule has 0 bridgehead atoms. The van der Waals surface area contributed by atoms with Crippen LogP contribution < -0.4 is 24.8 Å². The molecule has 0 saturated heterocycles. The first-order valence-electron chi connectivity index (χ1n) is 10.2. The third kappa shape index (κ3) is 5.96. The van der Waals surface area contributed by atoms with Crippen molar-refractivity contribution in [3.8, 4) is 17.2 Å². The first-order chi connectivity index (χ1) is 16.7. The summed E-state index contributed by atoms with van der Waals surface area (Å²) in [6, 6.07) is 12.3. The lowest BCUT2D eigenvalue weighted by molar-refractivity contribution is -0.402. The summed E-state index contributed by atoms with van der Waals surface area (Å²) >= 11 is 0. The van der Waals surface area contributed by atoms with Gasteiger partial charge in [0, 0.05) is 17.3 Å². The van der Waals surface area contributed by atoms with Gasteiger partial charge in [0.1, 0.15) is 16.4 Å². The van der Waals surface area contributed by atoms with Gasteiger partial charge in [0.25, 0.3) is 11.8 Å². The molecule has 0 fully saturated rings. The Balaban J connectivity index is 1.96. The minimum absolute atomic E-state index is 0.00375. The Kier molecular flexibility index (Phi) is 7.72. The Morgan fingerprint density at radius 2 is 1.60 bits per heavy atom. The number of benzene rings is 2. The van der Waals surface area contributed by atoms with Gasteiger partial charge >= 0.3 is 5.88 Å². The van der Waals surface area contributed by atoms with Gasteiger partial charge in [-0.15, -0.1) is 0 Å². The third-order valence-electron chi connectivity index (χ3n) is 4.81. The van der Waals surface area contributed by atoms with Crippen molar-refractivity contribution >= 4 is 29.5 Å². The van der Waals surface area contributed by atoms with Crippen molar-refractivity contribution in [3.05, 3.63) is 81.2 Å². The number of methoxy groups -OCH3 is 3. The lowest BCUT2D eigenvalue weighted by Gasteiger charge is -2.15. The molecule has 0 aliphatic rings. The van der Waals surface area contributed by atoms with E-state index in [1.807, 2.05) is 19.1 Å². The smallest absolute Gasteiger partial charge is 0.433 e. The van der Waals surface area contributed by atoms with E-state index in [1.165, 1.54) is 45.6 Å². The van der Waals surface area contributed by atoms with Crippen LogP contribution in [-0.2, 0) is 4.79 Å². The molecule has 2 N–H and O–H groups in total. The molecule has 0 aliphatic carbocycles. The molecule has 2 amide bonds. The maximum absolute atomic E-state index is 13.1. The van der Waals surface area contributed by atoms with E-state index < -0.39 is 22.6 Å². The van der Waals surface area contributed by atoms with Crippen LogP contribution >= 0.6 is 0 Å². The Labute approximate surface area is 200 Å². The number of hydrogen-bond acceptors (Lipinski definition) is 8. The van der Waals surface area contributed by atoms with Crippen LogP contribution in [0.25, 0.3) is 6.08 Å². The largest absolute Gasteiger partial charge is 0.493 e. The van der Waals surface area contributed by atoms with E-state index in [4.69, 9.17) is 18.6 Å². The normalized spacial score (nSPS) is 10.9. The van der Waals surface area contributed by atoms with Crippen LogP contribution in [0.2, 0.25) is 0 Å². The number of nitro groups is 1. The van der Waals surface area contributed by atoms with E-state index in [9.17, 15) is 19.7 Å². The summed E-state index contributed by atoms with van der Waals surface area (Å²) in [5.41, 5.74) is 1.38. The summed E-state index contributed by atoms with van der Waals surface area (Å²) in [6.45, 7) is 1.90. The van der Waals surface area contributed by atoms with Gasteiger partial charge in [0.05, 0.1) is 27.4 Å². The van der Waals surface area contributed by atoms with Crippen LogP contribution in [0.15, 0.2) is 58.6 Å². The predicted octanol–water partition coefficient (Wildman–Crippen LogP) is 3.93. The van der Waals surface area contributed by atoms with Gasteiger partial charge in [-0.1, -0.05) is 17.7 Å². The fourth-order valence-corrected chi connectivity index (χ4v) is 3.06. The summed E-state index contributed by atoms with van der Waals surface area (Å²) in [7, 11) is 4.24. The molecule has 182 valence electrons. The van der Waals surface area contributed by atoms with Crippen molar-refractivity contribution in [1.29, 1.82) is 0 Å². The number of carbonyl (C=O) groups excluding carboxylic acids is 2. The van der Waals surface area contributed by atoms with Crippen molar-refractivity contribution in [2.75, 3.05) is 26.6 Å². The molecule has 35 heavy (non-hydrogen) atoms. The molecular weight excluding hydrogens is 458 g/mol. The molecule has 0 atom stereocenters. The first-order valence-corrected chi connectivity index (χ1v) is 10.2. The highest BCUT2D eigenvalue weighted by Crippen LogP contribution is 2.38. The van der Waals surface area contributed by atoms with Crippen molar-refractivity contribution < 1.29 is 33.1 Å². The number of amides is 2. The second-order valence-electron chi connectivity index (χ2n) is 7.18. The minimum atomic E-state index is -0.710. The van der Waals surface area contributed by atoms with E-state index >= 15 is 0 Å². The molecule has 2 aromatic carbocycles. The number of ether oxygens (including phenoxy) is 3. The standard InChI is InChI=1S/C24H23N3O8/c1-14-5-7-16(8-6-14)25-24(29)18(13-17-9-10-21(35-17)27(30)31)26-23(28)15-11-19(32-2)22(34-4)20(12-15)33-3/h5-13H,1-4H3,(H,25,29)(H,26,28).